The van der Waals surface area contributed by atoms with E-state index in [9.17, 15) is 14.9 Å². The molecule has 2 N–H and O–H groups in total. The van der Waals surface area contributed by atoms with Gasteiger partial charge in [0.25, 0.3) is 11.8 Å². The van der Waals surface area contributed by atoms with Gasteiger partial charge in [-0.3, -0.25) is 9.59 Å². The third kappa shape index (κ3) is 6.91. The first-order valence-electron chi connectivity index (χ1n) is 9.60. The van der Waals surface area contributed by atoms with E-state index in [0.29, 0.717) is 30.2 Å². The molecule has 0 atom stereocenters. The fraction of sp³-hybridized carbons (Fsp3) is 0.125. The van der Waals surface area contributed by atoms with E-state index < -0.39 is 5.91 Å². The fourth-order valence-corrected chi connectivity index (χ4v) is 2.65. The maximum atomic E-state index is 12.3. The van der Waals surface area contributed by atoms with E-state index in [1.807, 2.05) is 36.4 Å². The number of furan rings is 1. The van der Waals surface area contributed by atoms with Gasteiger partial charge in [-0.15, -0.1) is 0 Å². The van der Waals surface area contributed by atoms with Gasteiger partial charge in [0.1, 0.15) is 23.2 Å². The predicted octanol–water partition coefficient (Wildman–Crippen LogP) is 3.20. The van der Waals surface area contributed by atoms with Crippen molar-refractivity contribution >= 4 is 17.9 Å². The van der Waals surface area contributed by atoms with E-state index in [1.54, 1.807) is 42.7 Å². The van der Waals surface area contributed by atoms with Gasteiger partial charge in [-0.2, -0.15) is 5.26 Å². The van der Waals surface area contributed by atoms with Gasteiger partial charge in [0, 0.05) is 6.54 Å². The summed E-state index contributed by atoms with van der Waals surface area (Å²) in [5, 5.41) is 14.7. The SMILES string of the molecule is N#C/C(=C\c1ccc(OCC(=O)NCc2ccco2)cc1)C(=O)NCc1ccccc1. The predicted molar refractivity (Wildman–Crippen MR) is 114 cm³/mol. The number of carbonyl (C=O) groups excluding carboxylic acids is 2. The van der Waals surface area contributed by atoms with E-state index in [0.717, 1.165) is 5.56 Å². The molecule has 0 bridgehead atoms. The van der Waals surface area contributed by atoms with Crippen molar-refractivity contribution in [2.45, 2.75) is 13.1 Å². The largest absolute Gasteiger partial charge is 0.484 e. The molecule has 0 aliphatic heterocycles. The summed E-state index contributed by atoms with van der Waals surface area (Å²) >= 11 is 0. The summed E-state index contributed by atoms with van der Waals surface area (Å²) in [4.78, 5) is 24.1. The molecule has 1 heterocycles. The molecule has 31 heavy (non-hydrogen) atoms. The summed E-state index contributed by atoms with van der Waals surface area (Å²) in [6.45, 7) is 0.497. The number of ether oxygens (including phenoxy) is 1. The van der Waals surface area contributed by atoms with Gasteiger partial charge in [0.15, 0.2) is 6.61 Å². The second-order valence-electron chi connectivity index (χ2n) is 6.55. The van der Waals surface area contributed by atoms with Crippen LogP contribution in [0.25, 0.3) is 6.08 Å². The molecule has 0 spiro atoms. The molecule has 0 radical (unpaired) electrons. The lowest BCUT2D eigenvalue weighted by atomic mass is 10.1. The summed E-state index contributed by atoms with van der Waals surface area (Å²) < 4.78 is 10.6. The van der Waals surface area contributed by atoms with E-state index in [-0.39, 0.29) is 18.1 Å². The number of nitrogens with zero attached hydrogens (tertiary/aromatic N) is 1. The minimum atomic E-state index is -0.445. The standard InChI is InChI=1S/C24H21N3O4/c25-14-20(24(29)27-15-19-5-2-1-3-6-19)13-18-8-10-21(11-9-18)31-17-23(28)26-16-22-7-4-12-30-22/h1-13H,15-17H2,(H,26,28)(H,27,29)/b20-13+. The highest BCUT2D eigenvalue weighted by Gasteiger charge is 2.09. The number of benzene rings is 2. The maximum Gasteiger partial charge on any atom is 0.262 e. The number of carbonyl (C=O) groups is 2. The normalized spacial score (nSPS) is 10.7. The Kier molecular flexibility index (Phi) is 7.61. The van der Waals surface area contributed by atoms with E-state index in [2.05, 4.69) is 10.6 Å². The molecule has 0 saturated heterocycles. The molecular weight excluding hydrogens is 394 g/mol. The topological polar surface area (TPSA) is 104 Å². The van der Waals surface area contributed by atoms with Gasteiger partial charge in [-0.25, -0.2) is 0 Å². The van der Waals surface area contributed by atoms with Crippen LogP contribution in [0.5, 0.6) is 5.75 Å². The molecule has 3 aromatic rings. The van der Waals surface area contributed by atoms with Crippen LogP contribution in [0, 0.1) is 11.3 Å². The van der Waals surface area contributed by atoms with Crippen LogP contribution in [0.15, 0.2) is 83.0 Å². The van der Waals surface area contributed by atoms with Gasteiger partial charge in [-0.1, -0.05) is 42.5 Å². The molecular formula is C24H21N3O4. The Balaban J connectivity index is 1.49. The molecule has 156 valence electrons. The van der Waals surface area contributed by atoms with Gasteiger partial charge < -0.3 is 19.8 Å². The molecule has 3 rings (SSSR count). The highest BCUT2D eigenvalue weighted by molar-refractivity contribution is 6.01. The van der Waals surface area contributed by atoms with Crippen molar-refractivity contribution in [3.63, 3.8) is 0 Å². The van der Waals surface area contributed by atoms with Crippen LogP contribution in [0.1, 0.15) is 16.9 Å². The first-order chi connectivity index (χ1) is 15.1. The van der Waals surface area contributed by atoms with Crippen LogP contribution in [-0.2, 0) is 22.7 Å². The fourth-order valence-electron chi connectivity index (χ4n) is 2.65. The molecule has 2 amide bonds. The quantitative estimate of drug-likeness (QED) is 0.413. The summed E-state index contributed by atoms with van der Waals surface area (Å²) in [7, 11) is 0. The zero-order valence-corrected chi connectivity index (χ0v) is 16.7. The van der Waals surface area contributed by atoms with Crippen LogP contribution in [0.4, 0.5) is 0 Å². The average molecular weight is 415 g/mol. The number of hydrogen-bond donors (Lipinski definition) is 2. The monoisotopic (exact) mass is 415 g/mol. The summed E-state index contributed by atoms with van der Waals surface area (Å²) in [5.74, 6) is 0.435. The number of amides is 2. The lowest BCUT2D eigenvalue weighted by Crippen LogP contribution is -2.28. The molecule has 0 aliphatic rings. The van der Waals surface area contributed by atoms with Crippen molar-refractivity contribution in [2.24, 2.45) is 0 Å². The van der Waals surface area contributed by atoms with Crippen LogP contribution < -0.4 is 15.4 Å². The Bertz CT molecular complexity index is 1070. The van der Waals surface area contributed by atoms with E-state index in [1.165, 1.54) is 6.08 Å². The number of rotatable bonds is 9. The molecule has 2 aromatic carbocycles. The first-order valence-corrected chi connectivity index (χ1v) is 9.60. The Morgan fingerprint density at radius 2 is 1.74 bits per heavy atom. The third-order valence-electron chi connectivity index (χ3n) is 4.26. The molecule has 7 heteroatoms. The Labute approximate surface area is 179 Å². The molecule has 1 aromatic heterocycles. The minimum absolute atomic E-state index is 0.00176. The minimum Gasteiger partial charge on any atom is -0.484 e. The van der Waals surface area contributed by atoms with Gasteiger partial charge in [0.2, 0.25) is 0 Å². The highest BCUT2D eigenvalue weighted by Crippen LogP contribution is 2.15. The van der Waals surface area contributed by atoms with Crippen molar-refractivity contribution in [1.82, 2.24) is 10.6 Å². The molecule has 0 fully saturated rings. The summed E-state index contributed by atoms with van der Waals surface area (Å²) in [5.41, 5.74) is 1.62. The zero-order chi connectivity index (χ0) is 21.9. The van der Waals surface area contributed by atoms with Crippen LogP contribution in [0.3, 0.4) is 0 Å². The summed E-state index contributed by atoms with van der Waals surface area (Å²) in [6.07, 6.45) is 3.04. The average Bonchev–Trinajstić information content (AvgIpc) is 3.33. The van der Waals surface area contributed by atoms with Crippen LogP contribution in [0.2, 0.25) is 0 Å². The second-order valence-corrected chi connectivity index (χ2v) is 6.55. The van der Waals surface area contributed by atoms with Crippen LogP contribution >= 0.6 is 0 Å². The van der Waals surface area contributed by atoms with E-state index >= 15 is 0 Å². The van der Waals surface area contributed by atoms with Crippen molar-refractivity contribution in [3.05, 3.63) is 95.5 Å². The second kappa shape index (κ2) is 11.0. The van der Waals surface area contributed by atoms with Crippen molar-refractivity contribution in [2.75, 3.05) is 6.61 Å². The molecule has 0 unspecified atom stereocenters. The van der Waals surface area contributed by atoms with Gasteiger partial charge in [-0.05, 0) is 41.5 Å². The number of hydrogen-bond acceptors (Lipinski definition) is 5. The molecule has 0 aliphatic carbocycles. The number of nitrogens with one attached hydrogen (secondary N) is 2. The number of nitriles is 1. The highest BCUT2D eigenvalue weighted by atomic mass is 16.5. The smallest absolute Gasteiger partial charge is 0.262 e. The Hall–Kier alpha value is -4.31. The van der Waals surface area contributed by atoms with Crippen molar-refractivity contribution in [3.8, 4) is 11.8 Å². The third-order valence-corrected chi connectivity index (χ3v) is 4.26. The lowest BCUT2D eigenvalue weighted by molar-refractivity contribution is -0.123. The van der Waals surface area contributed by atoms with Gasteiger partial charge >= 0.3 is 0 Å². The Morgan fingerprint density at radius 3 is 2.42 bits per heavy atom. The molecule has 0 saturated carbocycles. The summed E-state index contributed by atoms with van der Waals surface area (Å²) in [6, 6.07) is 21.6. The van der Waals surface area contributed by atoms with E-state index in [4.69, 9.17) is 9.15 Å². The lowest BCUT2D eigenvalue weighted by Gasteiger charge is -2.07. The zero-order valence-electron chi connectivity index (χ0n) is 16.7. The van der Waals surface area contributed by atoms with Gasteiger partial charge in [0.05, 0.1) is 12.8 Å². The van der Waals surface area contributed by atoms with Crippen molar-refractivity contribution in [1.29, 1.82) is 5.26 Å². The Morgan fingerprint density at radius 1 is 0.968 bits per heavy atom. The van der Waals surface area contributed by atoms with Crippen molar-refractivity contribution < 1.29 is 18.7 Å². The maximum absolute atomic E-state index is 12.3. The van der Waals surface area contributed by atoms with Crippen LogP contribution in [-0.4, -0.2) is 18.4 Å². The molecule has 7 nitrogen and oxygen atoms in total. The first kappa shape index (κ1) is 21.4.